The molecule has 18 heavy (non-hydrogen) atoms. The SMILES string of the molecule is Cc1ccc(-n2cc(C)nc2NC2CC2)c(Cl)c1. The van der Waals surface area contributed by atoms with Crippen LogP contribution in [0.2, 0.25) is 5.02 Å². The lowest BCUT2D eigenvalue weighted by molar-refractivity contribution is 1.00. The zero-order valence-electron chi connectivity index (χ0n) is 10.6. The summed E-state index contributed by atoms with van der Waals surface area (Å²) in [6.45, 7) is 4.04. The number of rotatable bonds is 3. The summed E-state index contributed by atoms with van der Waals surface area (Å²) in [5.41, 5.74) is 3.14. The van der Waals surface area contributed by atoms with E-state index in [9.17, 15) is 0 Å². The number of imidazole rings is 1. The van der Waals surface area contributed by atoms with Crippen LogP contribution in [-0.2, 0) is 0 Å². The van der Waals surface area contributed by atoms with Crippen LogP contribution in [0.3, 0.4) is 0 Å². The first-order chi connectivity index (χ1) is 8.63. The summed E-state index contributed by atoms with van der Waals surface area (Å²) in [5.74, 6) is 0.890. The number of halogens is 1. The van der Waals surface area contributed by atoms with Crippen LogP contribution < -0.4 is 5.32 Å². The van der Waals surface area contributed by atoms with Crippen molar-refractivity contribution in [2.24, 2.45) is 0 Å². The molecule has 0 aliphatic heterocycles. The summed E-state index contributed by atoms with van der Waals surface area (Å²) in [4.78, 5) is 4.52. The highest BCUT2D eigenvalue weighted by Crippen LogP contribution is 2.29. The normalized spacial score (nSPS) is 14.8. The molecule has 1 aliphatic carbocycles. The van der Waals surface area contributed by atoms with E-state index in [4.69, 9.17) is 11.6 Å². The van der Waals surface area contributed by atoms with Gasteiger partial charge in [-0.3, -0.25) is 4.57 Å². The van der Waals surface area contributed by atoms with Crippen LogP contribution in [0.15, 0.2) is 24.4 Å². The molecule has 1 N–H and O–H groups in total. The van der Waals surface area contributed by atoms with Gasteiger partial charge in [0.1, 0.15) is 0 Å². The van der Waals surface area contributed by atoms with Gasteiger partial charge >= 0.3 is 0 Å². The van der Waals surface area contributed by atoms with E-state index in [1.165, 1.54) is 12.8 Å². The lowest BCUT2D eigenvalue weighted by atomic mass is 10.2. The van der Waals surface area contributed by atoms with E-state index in [1.54, 1.807) is 0 Å². The Kier molecular flexibility index (Phi) is 2.78. The Balaban J connectivity index is 2.03. The Morgan fingerprint density at radius 1 is 1.33 bits per heavy atom. The molecule has 1 aliphatic rings. The van der Waals surface area contributed by atoms with Crippen molar-refractivity contribution in [3.63, 3.8) is 0 Å². The van der Waals surface area contributed by atoms with E-state index >= 15 is 0 Å². The number of anilines is 1. The molecule has 0 bridgehead atoms. The van der Waals surface area contributed by atoms with Crippen molar-refractivity contribution >= 4 is 17.5 Å². The van der Waals surface area contributed by atoms with Gasteiger partial charge < -0.3 is 5.32 Å². The number of benzene rings is 1. The fourth-order valence-corrected chi connectivity index (χ4v) is 2.33. The minimum absolute atomic E-state index is 0.578. The molecule has 0 atom stereocenters. The first-order valence-corrected chi connectivity index (χ1v) is 6.60. The Labute approximate surface area is 112 Å². The lowest BCUT2D eigenvalue weighted by Gasteiger charge is -2.11. The van der Waals surface area contributed by atoms with Gasteiger partial charge in [-0.05, 0) is 44.4 Å². The van der Waals surface area contributed by atoms with Crippen molar-refractivity contribution in [1.82, 2.24) is 9.55 Å². The highest BCUT2D eigenvalue weighted by atomic mass is 35.5. The molecule has 0 saturated heterocycles. The molecule has 2 aromatic rings. The predicted molar refractivity (Wildman–Crippen MR) is 74.7 cm³/mol. The van der Waals surface area contributed by atoms with E-state index in [0.29, 0.717) is 6.04 Å². The molecular formula is C14H16ClN3. The predicted octanol–water partition coefficient (Wildman–Crippen LogP) is 3.72. The molecule has 3 rings (SSSR count). The Bertz CT molecular complexity index is 585. The van der Waals surface area contributed by atoms with Gasteiger partial charge in [0.15, 0.2) is 0 Å². The van der Waals surface area contributed by atoms with Gasteiger partial charge in [-0.2, -0.15) is 0 Å². The number of hydrogen-bond acceptors (Lipinski definition) is 2. The summed E-state index contributed by atoms with van der Waals surface area (Å²) < 4.78 is 2.04. The van der Waals surface area contributed by atoms with Gasteiger partial charge in [-0.25, -0.2) is 4.98 Å². The van der Waals surface area contributed by atoms with Crippen LogP contribution in [0.5, 0.6) is 0 Å². The zero-order valence-corrected chi connectivity index (χ0v) is 11.3. The Morgan fingerprint density at radius 3 is 2.78 bits per heavy atom. The summed E-state index contributed by atoms with van der Waals surface area (Å²) in [7, 11) is 0. The molecule has 4 heteroatoms. The maximum atomic E-state index is 6.32. The second kappa shape index (κ2) is 4.32. The molecule has 0 amide bonds. The second-order valence-electron chi connectivity index (χ2n) is 4.95. The fraction of sp³-hybridized carbons (Fsp3) is 0.357. The molecule has 1 heterocycles. The minimum atomic E-state index is 0.578. The molecule has 1 aromatic carbocycles. The van der Waals surface area contributed by atoms with Crippen molar-refractivity contribution < 1.29 is 0 Å². The van der Waals surface area contributed by atoms with Crippen molar-refractivity contribution in [3.8, 4) is 5.69 Å². The van der Waals surface area contributed by atoms with Gasteiger partial charge in [-0.15, -0.1) is 0 Å². The van der Waals surface area contributed by atoms with Crippen LogP contribution in [0.4, 0.5) is 5.95 Å². The maximum Gasteiger partial charge on any atom is 0.208 e. The number of aryl methyl sites for hydroxylation is 2. The Morgan fingerprint density at radius 2 is 2.11 bits per heavy atom. The van der Waals surface area contributed by atoms with Gasteiger partial charge in [0, 0.05) is 12.2 Å². The summed E-state index contributed by atoms with van der Waals surface area (Å²) in [6, 6.07) is 6.66. The van der Waals surface area contributed by atoms with Crippen molar-refractivity contribution in [2.45, 2.75) is 32.7 Å². The second-order valence-corrected chi connectivity index (χ2v) is 5.36. The smallest absolute Gasteiger partial charge is 0.208 e. The van der Waals surface area contributed by atoms with Crippen molar-refractivity contribution in [2.75, 3.05) is 5.32 Å². The Hall–Kier alpha value is -1.48. The molecule has 1 fully saturated rings. The molecule has 1 saturated carbocycles. The van der Waals surface area contributed by atoms with E-state index in [-0.39, 0.29) is 0 Å². The van der Waals surface area contributed by atoms with Crippen molar-refractivity contribution in [1.29, 1.82) is 0 Å². The van der Waals surface area contributed by atoms with E-state index < -0.39 is 0 Å². The third kappa shape index (κ3) is 2.23. The van der Waals surface area contributed by atoms with E-state index in [2.05, 4.69) is 16.4 Å². The monoisotopic (exact) mass is 261 g/mol. The molecule has 1 aromatic heterocycles. The number of nitrogens with one attached hydrogen (secondary N) is 1. The summed E-state index contributed by atoms with van der Waals surface area (Å²) in [6.07, 6.45) is 4.47. The first-order valence-electron chi connectivity index (χ1n) is 6.22. The van der Waals surface area contributed by atoms with E-state index in [1.807, 2.05) is 36.7 Å². The maximum absolute atomic E-state index is 6.32. The van der Waals surface area contributed by atoms with Crippen molar-refractivity contribution in [3.05, 3.63) is 40.7 Å². The highest BCUT2D eigenvalue weighted by Gasteiger charge is 2.23. The van der Waals surface area contributed by atoms with Gasteiger partial charge in [-0.1, -0.05) is 17.7 Å². The fourth-order valence-electron chi connectivity index (χ4n) is 2.00. The van der Waals surface area contributed by atoms with Crippen LogP contribution in [0.1, 0.15) is 24.1 Å². The summed E-state index contributed by atoms with van der Waals surface area (Å²) >= 11 is 6.32. The molecule has 0 radical (unpaired) electrons. The molecule has 0 spiro atoms. The number of hydrogen-bond donors (Lipinski definition) is 1. The zero-order chi connectivity index (χ0) is 12.7. The largest absolute Gasteiger partial charge is 0.353 e. The topological polar surface area (TPSA) is 29.9 Å². The van der Waals surface area contributed by atoms with Crippen LogP contribution in [0.25, 0.3) is 5.69 Å². The van der Waals surface area contributed by atoms with Crippen LogP contribution in [0, 0.1) is 13.8 Å². The highest BCUT2D eigenvalue weighted by molar-refractivity contribution is 6.32. The standard InChI is InChI=1S/C14H16ClN3/c1-9-3-6-13(12(15)7-9)18-8-10(2)16-14(18)17-11-4-5-11/h3,6-8,11H,4-5H2,1-2H3,(H,16,17). The summed E-state index contributed by atoms with van der Waals surface area (Å²) in [5, 5.41) is 4.19. The number of nitrogens with zero attached hydrogens (tertiary/aromatic N) is 2. The molecular weight excluding hydrogens is 246 g/mol. The lowest BCUT2D eigenvalue weighted by Crippen LogP contribution is -2.08. The third-order valence-corrected chi connectivity index (χ3v) is 3.40. The van der Waals surface area contributed by atoms with Gasteiger partial charge in [0.25, 0.3) is 0 Å². The van der Waals surface area contributed by atoms with Gasteiger partial charge in [0.2, 0.25) is 5.95 Å². The minimum Gasteiger partial charge on any atom is -0.353 e. The van der Waals surface area contributed by atoms with Gasteiger partial charge in [0.05, 0.1) is 16.4 Å². The van der Waals surface area contributed by atoms with Crippen LogP contribution in [-0.4, -0.2) is 15.6 Å². The third-order valence-electron chi connectivity index (χ3n) is 3.10. The molecule has 94 valence electrons. The quantitative estimate of drug-likeness (QED) is 0.913. The number of aromatic nitrogens is 2. The average Bonchev–Trinajstić information content (AvgIpc) is 3.03. The molecule has 3 nitrogen and oxygen atoms in total. The average molecular weight is 262 g/mol. The van der Waals surface area contributed by atoms with Crippen LogP contribution >= 0.6 is 11.6 Å². The first kappa shape index (κ1) is 11.6. The molecule has 0 unspecified atom stereocenters. The van der Waals surface area contributed by atoms with E-state index in [0.717, 1.165) is 27.9 Å².